The van der Waals surface area contributed by atoms with Crippen LogP contribution in [0.4, 0.5) is 4.39 Å². The van der Waals surface area contributed by atoms with Gasteiger partial charge in [-0.25, -0.2) is 4.39 Å². The maximum Gasteiger partial charge on any atom is 0.254 e. The van der Waals surface area contributed by atoms with Gasteiger partial charge in [-0.3, -0.25) is 4.79 Å². The molecule has 18 heavy (non-hydrogen) atoms. The number of carbonyl (C=O) groups excluding carboxylic acids is 1. The van der Waals surface area contributed by atoms with Crippen LogP contribution in [0.5, 0.6) is 0 Å². The molecule has 5 nitrogen and oxygen atoms in total. The zero-order valence-electron chi connectivity index (χ0n) is 9.57. The summed E-state index contributed by atoms with van der Waals surface area (Å²) in [4.78, 5) is 14.2. The standard InChI is InChI=1S/C11H12ClFN4O/c12-8-3-4-10(13)9(7-8)11(18)15-5-1-2-6-16-17-14/h3-4,7H,1-2,5-6H2,(H,15,18). The third-order valence-corrected chi connectivity index (χ3v) is 2.44. The fourth-order valence-electron chi connectivity index (χ4n) is 1.32. The Hall–Kier alpha value is -1.78. The fourth-order valence-corrected chi connectivity index (χ4v) is 1.49. The van der Waals surface area contributed by atoms with E-state index in [2.05, 4.69) is 15.3 Å². The average Bonchev–Trinajstić information content (AvgIpc) is 2.36. The zero-order chi connectivity index (χ0) is 13.4. The van der Waals surface area contributed by atoms with E-state index in [0.717, 1.165) is 6.07 Å². The number of nitrogens with zero attached hydrogens (tertiary/aromatic N) is 3. The van der Waals surface area contributed by atoms with Gasteiger partial charge in [0.1, 0.15) is 5.82 Å². The first-order chi connectivity index (χ1) is 8.65. The van der Waals surface area contributed by atoms with Crippen LogP contribution in [-0.2, 0) is 0 Å². The molecule has 1 rings (SSSR count). The van der Waals surface area contributed by atoms with Crippen LogP contribution in [0.3, 0.4) is 0 Å². The minimum atomic E-state index is -0.606. The fraction of sp³-hybridized carbons (Fsp3) is 0.364. The smallest absolute Gasteiger partial charge is 0.254 e. The number of azide groups is 1. The molecule has 0 radical (unpaired) electrons. The zero-order valence-corrected chi connectivity index (χ0v) is 10.3. The van der Waals surface area contributed by atoms with Crippen molar-refractivity contribution in [2.45, 2.75) is 12.8 Å². The second kappa shape index (κ2) is 7.53. The van der Waals surface area contributed by atoms with E-state index < -0.39 is 11.7 Å². The van der Waals surface area contributed by atoms with E-state index in [9.17, 15) is 9.18 Å². The Balaban J connectivity index is 2.41. The lowest BCUT2D eigenvalue weighted by Crippen LogP contribution is -2.25. The lowest BCUT2D eigenvalue weighted by molar-refractivity contribution is 0.0949. The molecule has 0 unspecified atom stereocenters. The van der Waals surface area contributed by atoms with Gasteiger partial charge in [-0.2, -0.15) is 0 Å². The summed E-state index contributed by atoms with van der Waals surface area (Å²) in [5.74, 6) is -1.11. The summed E-state index contributed by atoms with van der Waals surface area (Å²) in [6, 6.07) is 3.82. The molecular weight excluding hydrogens is 259 g/mol. The van der Waals surface area contributed by atoms with Gasteiger partial charge in [0.2, 0.25) is 0 Å². The van der Waals surface area contributed by atoms with E-state index in [4.69, 9.17) is 17.1 Å². The summed E-state index contributed by atoms with van der Waals surface area (Å²) >= 11 is 5.69. The highest BCUT2D eigenvalue weighted by Gasteiger charge is 2.11. The molecule has 96 valence electrons. The number of hydrogen-bond acceptors (Lipinski definition) is 2. The van der Waals surface area contributed by atoms with E-state index in [1.165, 1.54) is 12.1 Å². The summed E-state index contributed by atoms with van der Waals surface area (Å²) in [5.41, 5.74) is 7.98. The molecule has 0 aromatic heterocycles. The molecule has 0 aliphatic heterocycles. The average molecular weight is 271 g/mol. The number of halogens is 2. The largest absolute Gasteiger partial charge is 0.352 e. The predicted molar refractivity (Wildman–Crippen MR) is 67.0 cm³/mol. The number of benzene rings is 1. The first-order valence-electron chi connectivity index (χ1n) is 5.39. The molecular formula is C11H12ClFN4O. The van der Waals surface area contributed by atoms with Crippen molar-refractivity contribution in [1.82, 2.24) is 5.32 Å². The highest BCUT2D eigenvalue weighted by molar-refractivity contribution is 6.30. The normalized spacial score (nSPS) is 9.67. The van der Waals surface area contributed by atoms with Gasteiger partial charge in [-0.15, -0.1) is 0 Å². The van der Waals surface area contributed by atoms with Crippen LogP contribution in [0.2, 0.25) is 5.02 Å². The third-order valence-electron chi connectivity index (χ3n) is 2.21. The van der Waals surface area contributed by atoms with Crippen molar-refractivity contribution in [2.75, 3.05) is 13.1 Å². The van der Waals surface area contributed by atoms with Crippen LogP contribution >= 0.6 is 11.6 Å². The Labute approximate surface area is 109 Å². The number of carbonyl (C=O) groups is 1. The number of hydrogen-bond donors (Lipinski definition) is 1. The first-order valence-corrected chi connectivity index (χ1v) is 5.77. The van der Waals surface area contributed by atoms with Crippen LogP contribution in [0.15, 0.2) is 23.3 Å². The Morgan fingerprint density at radius 3 is 3.00 bits per heavy atom. The van der Waals surface area contributed by atoms with Gasteiger partial charge >= 0.3 is 0 Å². The third kappa shape index (κ3) is 4.61. The topological polar surface area (TPSA) is 77.9 Å². The van der Waals surface area contributed by atoms with E-state index in [1.54, 1.807) is 0 Å². The van der Waals surface area contributed by atoms with Gasteiger partial charge < -0.3 is 5.32 Å². The van der Waals surface area contributed by atoms with Gasteiger partial charge in [0.25, 0.3) is 5.91 Å². The molecule has 0 heterocycles. The molecule has 1 amide bonds. The molecule has 0 spiro atoms. The molecule has 1 N–H and O–H groups in total. The van der Waals surface area contributed by atoms with Crippen LogP contribution in [-0.4, -0.2) is 19.0 Å². The number of amides is 1. The van der Waals surface area contributed by atoms with Gasteiger partial charge in [0.05, 0.1) is 5.56 Å². The van der Waals surface area contributed by atoms with Crippen LogP contribution in [0.1, 0.15) is 23.2 Å². The molecule has 0 fully saturated rings. The molecule has 0 aliphatic rings. The van der Waals surface area contributed by atoms with Gasteiger partial charge in [0.15, 0.2) is 0 Å². The van der Waals surface area contributed by atoms with Crippen molar-refractivity contribution in [3.8, 4) is 0 Å². The summed E-state index contributed by atoms with van der Waals surface area (Å²) in [6.07, 6.45) is 1.33. The molecule has 0 bridgehead atoms. The monoisotopic (exact) mass is 270 g/mol. The Morgan fingerprint density at radius 1 is 1.50 bits per heavy atom. The second-order valence-corrected chi connectivity index (χ2v) is 3.98. The maximum atomic E-state index is 13.3. The molecule has 0 saturated carbocycles. The van der Waals surface area contributed by atoms with Crippen molar-refractivity contribution in [3.05, 3.63) is 45.0 Å². The summed E-state index contributed by atoms with van der Waals surface area (Å²) in [5, 5.41) is 6.24. The second-order valence-electron chi connectivity index (χ2n) is 3.54. The summed E-state index contributed by atoms with van der Waals surface area (Å²) in [6.45, 7) is 0.781. The van der Waals surface area contributed by atoms with E-state index in [0.29, 0.717) is 31.0 Å². The minimum absolute atomic E-state index is 0.0717. The lowest BCUT2D eigenvalue weighted by atomic mass is 10.2. The summed E-state index contributed by atoms with van der Waals surface area (Å²) in [7, 11) is 0. The van der Waals surface area contributed by atoms with Crippen LogP contribution in [0.25, 0.3) is 10.4 Å². The summed E-state index contributed by atoms with van der Waals surface area (Å²) < 4.78 is 13.3. The molecule has 1 aromatic rings. The van der Waals surface area contributed by atoms with Crippen LogP contribution < -0.4 is 5.32 Å². The quantitative estimate of drug-likeness (QED) is 0.366. The molecule has 0 atom stereocenters. The first kappa shape index (κ1) is 14.3. The minimum Gasteiger partial charge on any atom is -0.352 e. The van der Waals surface area contributed by atoms with Gasteiger partial charge in [-0.05, 0) is 36.6 Å². The van der Waals surface area contributed by atoms with E-state index >= 15 is 0 Å². The van der Waals surface area contributed by atoms with Crippen molar-refractivity contribution >= 4 is 17.5 Å². The predicted octanol–water partition coefficient (Wildman–Crippen LogP) is 3.30. The van der Waals surface area contributed by atoms with Crippen molar-refractivity contribution in [2.24, 2.45) is 5.11 Å². The highest BCUT2D eigenvalue weighted by atomic mass is 35.5. The van der Waals surface area contributed by atoms with Crippen molar-refractivity contribution < 1.29 is 9.18 Å². The van der Waals surface area contributed by atoms with Crippen LogP contribution in [0, 0.1) is 5.82 Å². The van der Waals surface area contributed by atoms with Gasteiger partial charge in [-0.1, -0.05) is 16.7 Å². The van der Waals surface area contributed by atoms with Crippen molar-refractivity contribution in [3.63, 3.8) is 0 Å². The Bertz CT molecular complexity index is 474. The highest BCUT2D eigenvalue weighted by Crippen LogP contribution is 2.14. The van der Waals surface area contributed by atoms with Crippen molar-refractivity contribution in [1.29, 1.82) is 0 Å². The number of nitrogens with one attached hydrogen (secondary N) is 1. The molecule has 1 aromatic carbocycles. The maximum absolute atomic E-state index is 13.3. The molecule has 0 aliphatic carbocycles. The lowest BCUT2D eigenvalue weighted by Gasteiger charge is -2.05. The molecule has 0 saturated heterocycles. The van der Waals surface area contributed by atoms with E-state index in [-0.39, 0.29) is 5.56 Å². The Morgan fingerprint density at radius 2 is 2.28 bits per heavy atom. The Kier molecular flexibility index (Phi) is 5.97. The number of rotatable bonds is 6. The SMILES string of the molecule is [N-]=[N+]=NCCCCNC(=O)c1cc(Cl)ccc1F. The molecule has 7 heteroatoms. The van der Waals surface area contributed by atoms with E-state index in [1.807, 2.05) is 0 Å². The van der Waals surface area contributed by atoms with Gasteiger partial charge in [0, 0.05) is 23.0 Å². The number of unbranched alkanes of at least 4 members (excludes halogenated alkanes) is 1.